The maximum absolute atomic E-state index is 11.0. The van der Waals surface area contributed by atoms with Gasteiger partial charge in [-0.1, -0.05) is 0 Å². The van der Waals surface area contributed by atoms with Crippen molar-refractivity contribution in [3.8, 4) is 22.8 Å². The van der Waals surface area contributed by atoms with E-state index in [9.17, 15) is 4.79 Å². The summed E-state index contributed by atoms with van der Waals surface area (Å²) in [6.07, 6.45) is 2.32. The van der Waals surface area contributed by atoms with Gasteiger partial charge in [0.25, 0.3) is 0 Å². The second-order valence-corrected chi connectivity index (χ2v) is 3.76. The number of carbonyl (C=O) groups excluding carboxylic acids is 1. The van der Waals surface area contributed by atoms with Gasteiger partial charge in [-0.3, -0.25) is 9.48 Å². The lowest BCUT2D eigenvalue weighted by molar-refractivity contribution is 0.112. The monoisotopic (exact) mass is 246 g/mol. The fourth-order valence-electron chi connectivity index (χ4n) is 1.86. The standard InChI is InChI=1S/C13H14N2O3/c1-15-13(9(8-16)7-14-15)11-5-4-10(17-2)6-12(11)18-3/h4-8H,1-3H3. The molecule has 0 aliphatic rings. The van der Waals surface area contributed by atoms with Crippen LogP contribution in [0, 0.1) is 0 Å². The van der Waals surface area contributed by atoms with Crippen LogP contribution in [0.1, 0.15) is 10.4 Å². The summed E-state index contributed by atoms with van der Waals surface area (Å²) in [4.78, 5) is 11.0. The SMILES string of the molecule is COc1ccc(-c2c(C=O)cnn2C)c(OC)c1. The molecule has 0 unspecified atom stereocenters. The number of aldehydes is 1. The number of aromatic nitrogens is 2. The number of benzene rings is 1. The first-order valence-electron chi connectivity index (χ1n) is 5.40. The van der Waals surface area contributed by atoms with Crippen LogP contribution in [-0.4, -0.2) is 30.3 Å². The third-order valence-electron chi connectivity index (χ3n) is 2.76. The van der Waals surface area contributed by atoms with Gasteiger partial charge in [0.15, 0.2) is 6.29 Å². The van der Waals surface area contributed by atoms with Crippen LogP contribution < -0.4 is 9.47 Å². The Balaban J connectivity index is 2.62. The first-order chi connectivity index (χ1) is 8.71. The zero-order valence-corrected chi connectivity index (χ0v) is 10.5. The van der Waals surface area contributed by atoms with E-state index in [2.05, 4.69) is 5.10 Å². The number of hydrogen-bond acceptors (Lipinski definition) is 4. The second-order valence-electron chi connectivity index (χ2n) is 3.76. The van der Waals surface area contributed by atoms with Crippen molar-refractivity contribution in [2.75, 3.05) is 14.2 Å². The van der Waals surface area contributed by atoms with E-state index >= 15 is 0 Å². The molecular formula is C13H14N2O3. The van der Waals surface area contributed by atoms with Gasteiger partial charge in [0.2, 0.25) is 0 Å². The first-order valence-corrected chi connectivity index (χ1v) is 5.40. The summed E-state index contributed by atoms with van der Waals surface area (Å²) in [5.41, 5.74) is 2.06. The molecule has 18 heavy (non-hydrogen) atoms. The van der Waals surface area contributed by atoms with Gasteiger partial charge in [0.05, 0.1) is 31.7 Å². The zero-order valence-electron chi connectivity index (χ0n) is 10.5. The van der Waals surface area contributed by atoms with Crippen LogP contribution in [0.2, 0.25) is 0 Å². The Hall–Kier alpha value is -2.30. The lowest BCUT2D eigenvalue weighted by Gasteiger charge is -2.11. The van der Waals surface area contributed by atoms with Crippen molar-refractivity contribution in [1.82, 2.24) is 9.78 Å². The molecule has 0 saturated heterocycles. The molecule has 0 N–H and O–H groups in total. The van der Waals surface area contributed by atoms with E-state index in [1.54, 1.807) is 32.0 Å². The van der Waals surface area contributed by atoms with E-state index < -0.39 is 0 Å². The summed E-state index contributed by atoms with van der Waals surface area (Å²) in [6.45, 7) is 0. The average Bonchev–Trinajstić information content (AvgIpc) is 2.78. The molecule has 1 aromatic carbocycles. The molecule has 1 heterocycles. The van der Waals surface area contributed by atoms with Gasteiger partial charge in [-0.05, 0) is 12.1 Å². The Morgan fingerprint density at radius 2 is 2.06 bits per heavy atom. The highest BCUT2D eigenvalue weighted by atomic mass is 16.5. The molecule has 0 fully saturated rings. The molecule has 0 radical (unpaired) electrons. The molecule has 2 aromatic rings. The highest BCUT2D eigenvalue weighted by Crippen LogP contribution is 2.34. The molecule has 0 aliphatic heterocycles. The number of aryl methyl sites for hydroxylation is 1. The zero-order chi connectivity index (χ0) is 13.1. The molecule has 0 saturated carbocycles. The fraction of sp³-hybridized carbons (Fsp3) is 0.231. The molecule has 0 atom stereocenters. The quantitative estimate of drug-likeness (QED) is 0.773. The molecule has 2 rings (SSSR count). The molecule has 1 aromatic heterocycles. The number of methoxy groups -OCH3 is 2. The number of carbonyl (C=O) groups is 1. The first kappa shape index (κ1) is 12.2. The van der Waals surface area contributed by atoms with Gasteiger partial charge in [-0.2, -0.15) is 5.10 Å². The van der Waals surface area contributed by atoms with Gasteiger partial charge in [-0.25, -0.2) is 0 Å². The fourth-order valence-corrected chi connectivity index (χ4v) is 1.86. The van der Waals surface area contributed by atoms with Crippen LogP contribution in [0.4, 0.5) is 0 Å². The summed E-state index contributed by atoms with van der Waals surface area (Å²) in [5, 5.41) is 4.08. The minimum absolute atomic E-state index is 0.529. The summed E-state index contributed by atoms with van der Waals surface area (Å²) >= 11 is 0. The molecule has 0 amide bonds. The lowest BCUT2D eigenvalue weighted by atomic mass is 10.1. The van der Waals surface area contributed by atoms with E-state index in [0.29, 0.717) is 17.1 Å². The van der Waals surface area contributed by atoms with E-state index in [4.69, 9.17) is 9.47 Å². The maximum atomic E-state index is 11.0. The third-order valence-corrected chi connectivity index (χ3v) is 2.76. The smallest absolute Gasteiger partial charge is 0.153 e. The van der Waals surface area contributed by atoms with Crippen molar-refractivity contribution in [3.05, 3.63) is 30.0 Å². The van der Waals surface area contributed by atoms with Crippen molar-refractivity contribution < 1.29 is 14.3 Å². The number of nitrogens with zero attached hydrogens (tertiary/aromatic N) is 2. The molecule has 0 spiro atoms. The Kier molecular flexibility index (Phi) is 3.32. The van der Waals surface area contributed by atoms with E-state index in [1.165, 1.54) is 6.20 Å². The topological polar surface area (TPSA) is 53.3 Å². The minimum atomic E-state index is 0.529. The van der Waals surface area contributed by atoms with E-state index in [0.717, 1.165) is 17.5 Å². The van der Waals surface area contributed by atoms with Gasteiger partial charge in [0, 0.05) is 18.7 Å². The maximum Gasteiger partial charge on any atom is 0.153 e. The summed E-state index contributed by atoms with van der Waals surface area (Å²) in [7, 11) is 4.95. The average molecular weight is 246 g/mol. The predicted molar refractivity (Wildman–Crippen MR) is 67.1 cm³/mol. The Labute approximate surface area is 105 Å². The summed E-state index contributed by atoms with van der Waals surface area (Å²) in [5.74, 6) is 1.34. The highest BCUT2D eigenvalue weighted by Gasteiger charge is 2.15. The van der Waals surface area contributed by atoms with Crippen LogP contribution in [0.15, 0.2) is 24.4 Å². The summed E-state index contributed by atoms with van der Waals surface area (Å²) in [6, 6.07) is 5.44. The number of rotatable bonds is 4. The molecule has 0 aliphatic carbocycles. The van der Waals surface area contributed by atoms with Crippen molar-refractivity contribution in [2.45, 2.75) is 0 Å². The van der Waals surface area contributed by atoms with Crippen LogP contribution in [0.25, 0.3) is 11.3 Å². The Morgan fingerprint density at radius 1 is 1.28 bits per heavy atom. The van der Waals surface area contributed by atoms with Crippen molar-refractivity contribution >= 4 is 6.29 Å². The molecule has 5 nitrogen and oxygen atoms in total. The van der Waals surface area contributed by atoms with Crippen molar-refractivity contribution in [2.24, 2.45) is 7.05 Å². The molecular weight excluding hydrogens is 232 g/mol. The largest absolute Gasteiger partial charge is 0.497 e. The third kappa shape index (κ3) is 1.95. The van der Waals surface area contributed by atoms with Gasteiger partial charge in [0.1, 0.15) is 11.5 Å². The van der Waals surface area contributed by atoms with E-state index in [-0.39, 0.29) is 0 Å². The number of hydrogen-bond donors (Lipinski definition) is 0. The molecule has 94 valence electrons. The van der Waals surface area contributed by atoms with Gasteiger partial charge >= 0.3 is 0 Å². The van der Waals surface area contributed by atoms with Crippen molar-refractivity contribution in [3.63, 3.8) is 0 Å². The van der Waals surface area contributed by atoms with Crippen LogP contribution >= 0.6 is 0 Å². The van der Waals surface area contributed by atoms with E-state index in [1.807, 2.05) is 12.1 Å². The van der Waals surface area contributed by atoms with Gasteiger partial charge in [-0.15, -0.1) is 0 Å². The normalized spacial score (nSPS) is 10.2. The molecule has 0 bridgehead atoms. The molecule has 5 heteroatoms. The Morgan fingerprint density at radius 3 is 2.67 bits per heavy atom. The van der Waals surface area contributed by atoms with Crippen molar-refractivity contribution in [1.29, 1.82) is 0 Å². The highest BCUT2D eigenvalue weighted by molar-refractivity contribution is 5.87. The second kappa shape index (κ2) is 4.91. The van der Waals surface area contributed by atoms with Crippen LogP contribution in [-0.2, 0) is 7.05 Å². The predicted octanol–water partition coefficient (Wildman–Crippen LogP) is 1.92. The van der Waals surface area contributed by atoms with Gasteiger partial charge < -0.3 is 9.47 Å². The van der Waals surface area contributed by atoms with Crippen LogP contribution in [0.3, 0.4) is 0 Å². The number of ether oxygens (including phenoxy) is 2. The van der Waals surface area contributed by atoms with Crippen LogP contribution in [0.5, 0.6) is 11.5 Å². The Bertz CT molecular complexity index is 576. The lowest BCUT2D eigenvalue weighted by Crippen LogP contribution is -1.98. The summed E-state index contributed by atoms with van der Waals surface area (Å²) < 4.78 is 12.1. The minimum Gasteiger partial charge on any atom is -0.497 e.